The molecule has 0 aliphatic heterocycles. The van der Waals surface area contributed by atoms with Crippen molar-refractivity contribution in [3.05, 3.63) is 75.8 Å². The molecular weight excluding hydrogens is 288 g/mol. The average molecular weight is 306 g/mol. The van der Waals surface area contributed by atoms with E-state index >= 15 is 0 Å². The molecule has 23 heavy (non-hydrogen) atoms. The van der Waals surface area contributed by atoms with Crippen molar-refractivity contribution in [3.63, 3.8) is 0 Å². The SMILES string of the molecule is C/C(=N/c1cccc(C)n1)c1c(C)[nH]n(-c2ccccc2)c1=O. The van der Waals surface area contributed by atoms with Gasteiger partial charge in [0.2, 0.25) is 0 Å². The first-order valence-electron chi connectivity index (χ1n) is 7.42. The predicted molar refractivity (Wildman–Crippen MR) is 92.0 cm³/mol. The summed E-state index contributed by atoms with van der Waals surface area (Å²) in [7, 11) is 0. The molecule has 5 heteroatoms. The average Bonchev–Trinajstić information content (AvgIpc) is 2.83. The Labute approximate surface area is 134 Å². The molecular formula is C18H18N4O. The molecule has 5 nitrogen and oxygen atoms in total. The lowest BCUT2D eigenvalue weighted by Gasteiger charge is -2.00. The molecule has 0 bridgehead atoms. The Hall–Kier alpha value is -2.95. The molecule has 2 heterocycles. The number of para-hydroxylation sites is 1. The Morgan fingerprint density at radius 1 is 1.09 bits per heavy atom. The summed E-state index contributed by atoms with van der Waals surface area (Å²) in [5.74, 6) is 0.605. The number of aryl methyl sites for hydroxylation is 2. The lowest BCUT2D eigenvalue weighted by Crippen LogP contribution is -2.19. The number of aromatic amines is 1. The summed E-state index contributed by atoms with van der Waals surface area (Å²) in [6.07, 6.45) is 0. The fourth-order valence-electron chi connectivity index (χ4n) is 2.55. The zero-order valence-corrected chi connectivity index (χ0v) is 13.4. The van der Waals surface area contributed by atoms with E-state index in [-0.39, 0.29) is 5.56 Å². The van der Waals surface area contributed by atoms with Crippen LogP contribution >= 0.6 is 0 Å². The highest BCUT2D eigenvalue weighted by molar-refractivity contribution is 6.00. The first-order valence-corrected chi connectivity index (χ1v) is 7.42. The Kier molecular flexibility index (Phi) is 3.93. The number of H-pyrrole nitrogens is 1. The van der Waals surface area contributed by atoms with Crippen LogP contribution in [0.15, 0.2) is 58.3 Å². The van der Waals surface area contributed by atoms with Gasteiger partial charge in [-0.05, 0) is 45.0 Å². The number of nitrogens with zero attached hydrogens (tertiary/aromatic N) is 3. The second-order valence-corrected chi connectivity index (χ2v) is 5.42. The van der Waals surface area contributed by atoms with Crippen LogP contribution in [0.5, 0.6) is 0 Å². The minimum Gasteiger partial charge on any atom is -0.295 e. The summed E-state index contributed by atoms with van der Waals surface area (Å²) in [5.41, 5.74) is 3.60. The third-order valence-corrected chi connectivity index (χ3v) is 3.60. The Bertz CT molecular complexity index is 920. The Morgan fingerprint density at radius 2 is 1.83 bits per heavy atom. The van der Waals surface area contributed by atoms with Crippen LogP contribution in [0.25, 0.3) is 5.69 Å². The summed E-state index contributed by atoms with van der Waals surface area (Å²) < 4.78 is 1.54. The molecule has 3 rings (SSSR count). The molecule has 0 aliphatic rings. The van der Waals surface area contributed by atoms with Crippen LogP contribution in [0.1, 0.15) is 23.9 Å². The summed E-state index contributed by atoms with van der Waals surface area (Å²) in [6, 6.07) is 15.1. The van der Waals surface area contributed by atoms with Gasteiger partial charge in [0.25, 0.3) is 5.56 Å². The number of nitrogens with one attached hydrogen (secondary N) is 1. The van der Waals surface area contributed by atoms with E-state index in [1.54, 1.807) is 0 Å². The van der Waals surface area contributed by atoms with Crippen molar-refractivity contribution in [2.75, 3.05) is 0 Å². The second-order valence-electron chi connectivity index (χ2n) is 5.42. The summed E-state index contributed by atoms with van der Waals surface area (Å²) in [6.45, 7) is 5.62. The van der Waals surface area contributed by atoms with Crippen molar-refractivity contribution >= 4 is 11.5 Å². The quantitative estimate of drug-likeness (QED) is 0.754. The third-order valence-electron chi connectivity index (χ3n) is 3.60. The smallest absolute Gasteiger partial charge is 0.280 e. The van der Waals surface area contributed by atoms with E-state index in [1.807, 2.05) is 69.3 Å². The number of aliphatic imine (C=N–C) groups is 1. The van der Waals surface area contributed by atoms with Crippen molar-refractivity contribution in [3.8, 4) is 5.69 Å². The van der Waals surface area contributed by atoms with Gasteiger partial charge >= 0.3 is 0 Å². The van der Waals surface area contributed by atoms with Crippen molar-refractivity contribution in [1.29, 1.82) is 0 Å². The molecule has 0 amide bonds. The number of aromatic nitrogens is 3. The van der Waals surface area contributed by atoms with Gasteiger partial charge in [0, 0.05) is 11.4 Å². The van der Waals surface area contributed by atoms with Gasteiger partial charge in [0.05, 0.1) is 17.0 Å². The number of pyridine rings is 1. The van der Waals surface area contributed by atoms with Gasteiger partial charge < -0.3 is 0 Å². The Balaban J connectivity index is 2.07. The van der Waals surface area contributed by atoms with Crippen LogP contribution in [0.2, 0.25) is 0 Å². The maximum Gasteiger partial charge on any atom is 0.280 e. The monoisotopic (exact) mass is 306 g/mol. The maximum atomic E-state index is 12.7. The largest absolute Gasteiger partial charge is 0.295 e. The van der Waals surface area contributed by atoms with E-state index in [1.165, 1.54) is 4.68 Å². The van der Waals surface area contributed by atoms with Gasteiger partial charge in [-0.3, -0.25) is 9.89 Å². The summed E-state index contributed by atoms with van der Waals surface area (Å²) in [4.78, 5) is 21.6. The van der Waals surface area contributed by atoms with Gasteiger partial charge in [0.15, 0.2) is 5.82 Å². The van der Waals surface area contributed by atoms with Gasteiger partial charge in [-0.1, -0.05) is 24.3 Å². The first kappa shape index (κ1) is 15.0. The zero-order valence-electron chi connectivity index (χ0n) is 13.4. The highest BCUT2D eigenvalue weighted by Gasteiger charge is 2.15. The minimum absolute atomic E-state index is 0.109. The molecule has 3 aromatic rings. The first-order chi connectivity index (χ1) is 11.1. The van der Waals surface area contributed by atoms with Gasteiger partial charge in [-0.2, -0.15) is 0 Å². The minimum atomic E-state index is -0.109. The van der Waals surface area contributed by atoms with Gasteiger partial charge in [-0.15, -0.1) is 0 Å². The molecule has 0 radical (unpaired) electrons. The predicted octanol–water partition coefficient (Wildman–Crippen LogP) is 3.32. The van der Waals surface area contributed by atoms with Crippen LogP contribution in [0, 0.1) is 13.8 Å². The molecule has 0 spiro atoms. The highest BCUT2D eigenvalue weighted by atomic mass is 16.1. The fourth-order valence-corrected chi connectivity index (χ4v) is 2.55. The van der Waals surface area contributed by atoms with Crippen LogP contribution in [-0.2, 0) is 0 Å². The molecule has 0 unspecified atom stereocenters. The molecule has 0 saturated carbocycles. The van der Waals surface area contributed by atoms with E-state index in [0.29, 0.717) is 17.1 Å². The van der Waals surface area contributed by atoms with E-state index in [9.17, 15) is 4.79 Å². The second kappa shape index (κ2) is 6.04. The van der Waals surface area contributed by atoms with Crippen LogP contribution in [0.4, 0.5) is 5.82 Å². The number of benzene rings is 1. The molecule has 2 aromatic heterocycles. The third kappa shape index (κ3) is 2.99. The number of rotatable bonds is 3. The molecule has 0 fully saturated rings. The van der Waals surface area contributed by atoms with Gasteiger partial charge in [0.1, 0.15) is 0 Å². The molecule has 0 saturated heterocycles. The summed E-state index contributed by atoms with van der Waals surface area (Å²) in [5, 5.41) is 3.11. The highest BCUT2D eigenvalue weighted by Crippen LogP contribution is 2.13. The lowest BCUT2D eigenvalue weighted by atomic mass is 10.2. The van der Waals surface area contributed by atoms with Crippen molar-refractivity contribution in [2.24, 2.45) is 4.99 Å². The van der Waals surface area contributed by atoms with Crippen molar-refractivity contribution < 1.29 is 0 Å². The molecule has 0 aliphatic carbocycles. The summed E-state index contributed by atoms with van der Waals surface area (Å²) >= 11 is 0. The maximum absolute atomic E-state index is 12.7. The lowest BCUT2D eigenvalue weighted by molar-refractivity contribution is 0.835. The Morgan fingerprint density at radius 3 is 2.52 bits per heavy atom. The van der Waals surface area contributed by atoms with E-state index in [4.69, 9.17) is 0 Å². The van der Waals surface area contributed by atoms with Crippen LogP contribution in [0.3, 0.4) is 0 Å². The number of hydrogen-bond acceptors (Lipinski definition) is 3. The topological polar surface area (TPSA) is 63.0 Å². The molecule has 1 N–H and O–H groups in total. The van der Waals surface area contributed by atoms with E-state index in [0.717, 1.165) is 17.1 Å². The standard InChI is InChI=1S/C18H18N4O/c1-12-8-7-11-16(19-12)20-13(2)17-14(3)21-22(18(17)23)15-9-5-4-6-10-15/h4-11,21H,1-3H3/b20-13-. The number of hydrogen-bond donors (Lipinski definition) is 1. The van der Waals surface area contributed by atoms with Crippen molar-refractivity contribution in [2.45, 2.75) is 20.8 Å². The van der Waals surface area contributed by atoms with E-state index in [2.05, 4.69) is 15.1 Å². The zero-order chi connectivity index (χ0) is 16.4. The normalized spacial score (nSPS) is 11.7. The molecule has 116 valence electrons. The van der Waals surface area contributed by atoms with Gasteiger partial charge in [-0.25, -0.2) is 14.7 Å². The van der Waals surface area contributed by atoms with Crippen LogP contribution < -0.4 is 5.56 Å². The van der Waals surface area contributed by atoms with Crippen LogP contribution in [-0.4, -0.2) is 20.5 Å². The fraction of sp³-hybridized carbons (Fsp3) is 0.167. The van der Waals surface area contributed by atoms with E-state index < -0.39 is 0 Å². The molecule has 0 atom stereocenters. The molecule has 1 aromatic carbocycles. The van der Waals surface area contributed by atoms with Crippen molar-refractivity contribution in [1.82, 2.24) is 14.8 Å².